The second-order valence-electron chi connectivity index (χ2n) is 5.27. The largest absolute Gasteiger partial charge is 0.508 e. The Bertz CT molecular complexity index is 510. The van der Waals surface area contributed by atoms with E-state index >= 15 is 0 Å². The maximum Gasteiger partial charge on any atom is 0.150 e. The Morgan fingerprint density at radius 1 is 1.37 bits per heavy atom. The number of likely N-dealkylation sites (N-methyl/N-ethyl adjacent to an activating group) is 1. The molecule has 0 aliphatic carbocycles. The molecule has 1 aliphatic rings. The standard InChI is InChI=1S/C14H21NO3S/c1-15-9-14(11-4-6-13(16)7-5-11)12-3-2-8-19(17,18)10-12/h4-7,12,14-16H,2-3,8-10H2,1H3. The number of benzene rings is 1. The highest BCUT2D eigenvalue weighted by Gasteiger charge is 2.31. The van der Waals surface area contributed by atoms with Crippen LogP contribution in [-0.2, 0) is 9.84 Å². The zero-order valence-electron chi connectivity index (χ0n) is 11.2. The van der Waals surface area contributed by atoms with Crippen LogP contribution in [0.25, 0.3) is 0 Å². The number of phenols is 1. The Kier molecular flexibility index (Phi) is 4.47. The van der Waals surface area contributed by atoms with Crippen LogP contribution in [0.15, 0.2) is 24.3 Å². The van der Waals surface area contributed by atoms with Gasteiger partial charge in [0.2, 0.25) is 0 Å². The van der Waals surface area contributed by atoms with Gasteiger partial charge in [0.25, 0.3) is 0 Å². The quantitative estimate of drug-likeness (QED) is 0.879. The van der Waals surface area contributed by atoms with Gasteiger partial charge in [-0.25, -0.2) is 8.42 Å². The molecule has 1 aromatic rings. The van der Waals surface area contributed by atoms with Crippen LogP contribution < -0.4 is 5.32 Å². The van der Waals surface area contributed by atoms with Crippen LogP contribution in [0.4, 0.5) is 0 Å². The highest BCUT2D eigenvalue weighted by atomic mass is 32.2. The summed E-state index contributed by atoms with van der Waals surface area (Å²) in [5.74, 6) is 1.19. The van der Waals surface area contributed by atoms with Gasteiger partial charge in [-0.1, -0.05) is 12.1 Å². The van der Waals surface area contributed by atoms with Crippen molar-refractivity contribution < 1.29 is 13.5 Å². The van der Waals surface area contributed by atoms with Crippen LogP contribution in [0.3, 0.4) is 0 Å². The molecule has 1 fully saturated rings. The molecule has 0 spiro atoms. The van der Waals surface area contributed by atoms with E-state index in [0.717, 1.165) is 24.9 Å². The first-order chi connectivity index (χ1) is 9.02. The minimum atomic E-state index is -2.89. The summed E-state index contributed by atoms with van der Waals surface area (Å²) in [4.78, 5) is 0. The molecule has 106 valence electrons. The third-order valence-electron chi connectivity index (χ3n) is 3.81. The molecule has 2 atom stereocenters. The fraction of sp³-hybridized carbons (Fsp3) is 0.571. The summed E-state index contributed by atoms with van der Waals surface area (Å²) in [6, 6.07) is 7.10. The van der Waals surface area contributed by atoms with E-state index in [1.807, 2.05) is 19.2 Å². The average molecular weight is 283 g/mol. The zero-order valence-corrected chi connectivity index (χ0v) is 12.0. The molecule has 0 saturated carbocycles. The summed E-state index contributed by atoms with van der Waals surface area (Å²) in [6.45, 7) is 0.755. The Morgan fingerprint density at radius 3 is 2.63 bits per heavy atom. The molecule has 1 saturated heterocycles. The summed E-state index contributed by atoms with van der Waals surface area (Å²) in [7, 11) is -1.01. The van der Waals surface area contributed by atoms with Gasteiger partial charge in [0.15, 0.2) is 9.84 Å². The van der Waals surface area contributed by atoms with E-state index in [4.69, 9.17) is 0 Å². The lowest BCUT2D eigenvalue weighted by atomic mass is 9.84. The number of hydrogen-bond acceptors (Lipinski definition) is 4. The maximum absolute atomic E-state index is 11.8. The molecule has 1 heterocycles. The fourth-order valence-corrected chi connectivity index (χ4v) is 4.70. The van der Waals surface area contributed by atoms with E-state index in [9.17, 15) is 13.5 Å². The van der Waals surface area contributed by atoms with Gasteiger partial charge in [-0.15, -0.1) is 0 Å². The molecule has 0 amide bonds. The second-order valence-corrected chi connectivity index (χ2v) is 7.50. The molecule has 19 heavy (non-hydrogen) atoms. The van der Waals surface area contributed by atoms with Gasteiger partial charge in [0.05, 0.1) is 11.5 Å². The molecule has 0 bridgehead atoms. The molecule has 1 aliphatic heterocycles. The van der Waals surface area contributed by atoms with Gasteiger partial charge in [-0.2, -0.15) is 0 Å². The molecule has 0 radical (unpaired) electrons. The lowest BCUT2D eigenvalue weighted by Crippen LogP contribution is -2.33. The van der Waals surface area contributed by atoms with Crippen LogP contribution in [0, 0.1) is 5.92 Å². The summed E-state index contributed by atoms with van der Waals surface area (Å²) >= 11 is 0. The molecule has 1 aromatic carbocycles. The molecule has 2 unspecified atom stereocenters. The monoisotopic (exact) mass is 283 g/mol. The van der Waals surface area contributed by atoms with Gasteiger partial charge in [0.1, 0.15) is 5.75 Å². The molecule has 5 heteroatoms. The Labute approximate surface area is 114 Å². The van der Waals surface area contributed by atoms with Crippen molar-refractivity contribution in [2.45, 2.75) is 18.8 Å². The van der Waals surface area contributed by atoms with Crippen LogP contribution in [0.1, 0.15) is 24.3 Å². The van der Waals surface area contributed by atoms with E-state index in [-0.39, 0.29) is 23.3 Å². The fourth-order valence-electron chi connectivity index (χ4n) is 2.87. The van der Waals surface area contributed by atoms with Crippen LogP contribution in [0.5, 0.6) is 5.75 Å². The van der Waals surface area contributed by atoms with E-state index in [1.165, 1.54) is 0 Å². The second kappa shape index (κ2) is 5.92. The first-order valence-electron chi connectivity index (χ1n) is 6.66. The van der Waals surface area contributed by atoms with E-state index < -0.39 is 9.84 Å². The third kappa shape index (κ3) is 3.70. The van der Waals surface area contributed by atoms with Crippen LogP contribution >= 0.6 is 0 Å². The number of nitrogens with one attached hydrogen (secondary N) is 1. The number of aromatic hydroxyl groups is 1. The van der Waals surface area contributed by atoms with Crippen LogP contribution in [-0.4, -0.2) is 38.6 Å². The number of rotatable bonds is 4. The van der Waals surface area contributed by atoms with Gasteiger partial charge in [-0.3, -0.25) is 0 Å². The predicted molar refractivity (Wildman–Crippen MR) is 76.2 cm³/mol. The van der Waals surface area contributed by atoms with Crippen molar-refractivity contribution in [3.8, 4) is 5.75 Å². The number of sulfone groups is 1. The lowest BCUT2D eigenvalue weighted by molar-refractivity contribution is 0.398. The van der Waals surface area contributed by atoms with Gasteiger partial charge in [-0.05, 0) is 43.5 Å². The van der Waals surface area contributed by atoms with Crippen LogP contribution in [0.2, 0.25) is 0 Å². The normalized spacial score (nSPS) is 23.9. The van der Waals surface area contributed by atoms with E-state index in [2.05, 4.69) is 5.32 Å². The molecule has 2 rings (SSSR count). The predicted octanol–water partition coefficient (Wildman–Crippen LogP) is 1.52. The summed E-state index contributed by atoms with van der Waals surface area (Å²) < 4.78 is 23.6. The van der Waals surface area contributed by atoms with Crippen molar-refractivity contribution in [3.05, 3.63) is 29.8 Å². The zero-order chi connectivity index (χ0) is 13.9. The summed E-state index contributed by atoms with van der Waals surface area (Å²) in [6.07, 6.45) is 1.71. The van der Waals surface area contributed by atoms with Gasteiger partial charge < -0.3 is 10.4 Å². The SMILES string of the molecule is CNCC(c1ccc(O)cc1)C1CCCS(=O)(=O)C1. The van der Waals surface area contributed by atoms with Crippen molar-refractivity contribution in [3.63, 3.8) is 0 Å². The van der Waals surface area contributed by atoms with E-state index in [1.54, 1.807) is 12.1 Å². The Morgan fingerprint density at radius 2 is 2.05 bits per heavy atom. The lowest BCUT2D eigenvalue weighted by Gasteiger charge is -2.30. The first-order valence-corrected chi connectivity index (χ1v) is 8.48. The Hall–Kier alpha value is -1.07. The van der Waals surface area contributed by atoms with Crippen molar-refractivity contribution in [2.75, 3.05) is 25.1 Å². The Balaban J connectivity index is 2.22. The van der Waals surface area contributed by atoms with Gasteiger partial charge >= 0.3 is 0 Å². The van der Waals surface area contributed by atoms with Crippen molar-refractivity contribution in [1.82, 2.24) is 5.32 Å². The smallest absolute Gasteiger partial charge is 0.150 e. The molecule has 0 aromatic heterocycles. The number of phenolic OH excluding ortho intramolecular Hbond substituents is 1. The van der Waals surface area contributed by atoms with Crippen molar-refractivity contribution in [1.29, 1.82) is 0 Å². The first kappa shape index (κ1) is 14.3. The molecular weight excluding hydrogens is 262 g/mol. The van der Waals surface area contributed by atoms with Gasteiger partial charge in [0, 0.05) is 12.5 Å². The topological polar surface area (TPSA) is 66.4 Å². The molecule has 4 nitrogen and oxygen atoms in total. The highest BCUT2D eigenvalue weighted by Crippen LogP contribution is 2.33. The van der Waals surface area contributed by atoms with Crippen molar-refractivity contribution in [2.24, 2.45) is 5.92 Å². The average Bonchev–Trinajstić information content (AvgIpc) is 2.36. The molecule has 2 N–H and O–H groups in total. The maximum atomic E-state index is 11.8. The molecular formula is C14H21NO3S. The third-order valence-corrected chi connectivity index (χ3v) is 5.66. The summed E-state index contributed by atoms with van der Waals surface area (Å²) in [5.41, 5.74) is 1.09. The highest BCUT2D eigenvalue weighted by molar-refractivity contribution is 7.91. The van der Waals surface area contributed by atoms with E-state index in [0.29, 0.717) is 5.75 Å². The minimum absolute atomic E-state index is 0.163. The van der Waals surface area contributed by atoms with Crippen molar-refractivity contribution >= 4 is 9.84 Å². The summed E-state index contributed by atoms with van der Waals surface area (Å²) in [5, 5.41) is 12.5. The number of hydrogen-bond donors (Lipinski definition) is 2. The minimum Gasteiger partial charge on any atom is -0.508 e.